The smallest absolute Gasteiger partial charge is 0.337 e. The Hall–Kier alpha value is -1.99. The number of fused-ring (bicyclic) bond motifs is 1. The number of hydrogen-bond acceptors (Lipinski definition) is 4. The van der Waals surface area contributed by atoms with Crippen LogP contribution in [0.5, 0.6) is 0 Å². The molecule has 0 saturated heterocycles. The molecule has 0 aromatic carbocycles. The summed E-state index contributed by atoms with van der Waals surface area (Å²) in [6, 6.07) is 1.43. The summed E-state index contributed by atoms with van der Waals surface area (Å²) in [6.07, 6.45) is 5.90. The Labute approximate surface area is 126 Å². The lowest BCUT2D eigenvalue weighted by atomic mass is 10.2. The summed E-state index contributed by atoms with van der Waals surface area (Å²) in [5.74, 6) is -1.04. The van der Waals surface area contributed by atoms with Gasteiger partial charge in [-0.15, -0.1) is 0 Å². The number of carboxylic acids is 1. The molecular weight excluding hydrogens is 348 g/mol. The first-order chi connectivity index (χ1) is 9.59. The first kappa shape index (κ1) is 13.0. The lowest BCUT2D eigenvalue weighted by Gasteiger charge is -2.07. The highest BCUT2D eigenvalue weighted by Crippen LogP contribution is 2.32. The van der Waals surface area contributed by atoms with Gasteiger partial charge in [-0.1, -0.05) is 11.6 Å². The van der Waals surface area contributed by atoms with Crippen LogP contribution in [0.3, 0.4) is 0 Å². The fourth-order valence-electron chi connectivity index (χ4n) is 1.93. The van der Waals surface area contributed by atoms with Crippen LogP contribution in [0.4, 0.5) is 0 Å². The van der Waals surface area contributed by atoms with Crippen molar-refractivity contribution in [2.75, 3.05) is 0 Å². The van der Waals surface area contributed by atoms with E-state index in [1.807, 2.05) is 0 Å². The molecule has 0 bridgehead atoms. The van der Waals surface area contributed by atoms with Crippen molar-refractivity contribution in [3.05, 3.63) is 46.2 Å². The van der Waals surface area contributed by atoms with Crippen LogP contribution in [-0.2, 0) is 0 Å². The van der Waals surface area contributed by atoms with Crippen molar-refractivity contribution in [2.24, 2.45) is 0 Å². The van der Waals surface area contributed by atoms with Crippen LogP contribution in [0.25, 0.3) is 16.7 Å². The predicted molar refractivity (Wildman–Crippen MR) is 76.3 cm³/mol. The number of hydrogen-bond donors (Lipinski definition) is 1. The van der Waals surface area contributed by atoms with Crippen LogP contribution in [0.1, 0.15) is 10.4 Å². The molecule has 0 spiro atoms. The van der Waals surface area contributed by atoms with Gasteiger partial charge >= 0.3 is 5.97 Å². The minimum atomic E-state index is -1.04. The highest BCUT2D eigenvalue weighted by Gasteiger charge is 2.17. The standard InChI is InChI=1S/C12H6BrClN4O2/c13-7-4-18(11-9(7)10(14)16-5-17-11)8-3-15-2-1-6(8)12(19)20/h1-5H,(H,19,20). The summed E-state index contributed by atoms with van der Waals surface area (Å²) < 4.78 is 2.29. The Morgan fingerprint density at radius 1 is 1.40 bits per heavy atom. The van der Waals surface area contributed by atoms with Crippen LogP contribution < -0.4 is 0 Å². The average Bonchev–Trinajstić information content (AvgIpc) is 2.77. The molecule has 3 aromatic heterocycles. The molecule has 1 N–H and O–H groups in total. The minimum absolute atomic E-state index is 0.124. The fourth-order valence-corrected chi connectivity index (χ4v) is 2.84. The summed E-state index contributed by atoms with van der Waals surface area (Å²) in [5, 5.41) is 10.2. The normalized spacial score (nSPS) is 10.9. The third-order valence-corrected chi connectivity index (χ3v) is 3.67. The van der Waals surface area contributed by atoms with Crippen LogP contribution in [0, 0.1) is 0 Å². The zero-order chi connectivity index (χ0) is 14.3. The third kappa shape index (κ3) is 1.95. The summed E-state index contributed by atoms with van der Waals surface area (Å²) >= 11 is 9.41. The van der Waals surface area contributed by atoms with Gasteiger partial charge in [-0.25, -0.2) is 14.8 Å². The van der Waals surface area contributed by atoms with E-state index in [4.69, 9.17) is 11.6 Å². The number of carboxylic acid groups (broad SMARTS) is 1. The number of halogens is 2. The second-order valence-corrected chi connectivity index (χ2v) is 5.12. The molecule has 100 valence electrons. The van der Waals surface area contributed by atoms with Gasteiger partial charge < -0.3 is 5.11 Å². The highest BCUT2D eigenvalue weighted by atomic mass is 79.9. The minimum Gasteiger partial charge on any atom is -0.478 e. The van der Waals surface area contributed by atoms with Crippen LogP contribution in [0.2, 0.25) is 5.15 Å². The van der Waals surface area contributed by atoms with E-state index in [9.17, 15) is 9.90 Å². The van der Waals surface area contributed by atoms with Gasteiger partial charge in [0.05, 0.1) is 22.8 Å². The molecule has 0 atom stereocenters. The second kappa shape index (κ2) is 4.84. The first-order valence-corrected chi connectivity index (χ1v) is 6.61. The average molecular weight is 354 g/mol. The van der Waals surface area contributed by atoms with Crippen LogP contribution in [-0.4, -0.2) is 30.6 Å². The molecular formula is C12H6BrClN4O2. The van der Waals surface area contributed by atoms with E-state index in [1.54, 1.807) is 10.8 Å². The molecule has 0 unspecified atom stereocenters. The lowest BCUT2D eigenvalue weighted by molar-refractivity contribution is 0.0697. The number of rotatable bonds is 2. The summed E-state index contributed by atoms with van der Waals surface area (Å²) in [5.41, 5.74) is 1.04. The maximum Gasteiger partial charge on any atom is 0.337 e. The molecule has 6 nitrogen and oxygen atoms in total. The quantitative estimate of drug-likeness (QED) is 0.716. The SMILES string of the molecule is O=C(O)c1ccncc1-n1cc(Br)c2c(Cl)ncnc21. The summed E-state index contributed by atoms with van der Waals surface area (Å²) in [6.45, 7) is 0. The Morgan fingerprint density at radius 2 is 2.20 bits per heavy atom. The van der Waals surface area contributed by atoms with E-state index < -0.39 is 5.97 Å². The van der Waals surface area contributed by atoms with Gasteiger partial charge in [-0.3, -0.25) is 9.55 Å². The second-order valence-electron chi connectivity index (χ2n) is 3.91. The number of aromatic carboxylic acids is 1. The summed E-state index contributed by atoms with van der Waals surface area (Å²) in [4.78, 5) is 23.3. The predicted octanol–water partition coefficient (Wildman–Crippen LogP) is 2.93. The molecule has 0 fully saturated rings. The molecule has 0 aliphatic heterocycles. The monoisotopic (exact) mass is 352 g/mol. The Balaban J connectivity index is 2.37. The lowest BCUT2D eigenvalue weighted by Crippen LogP contribution is -2.05. The van der Waals surface area contributed by atoms with Gasteiger partial charge in [0.15, 0.2) is 5.65 Å². The summed E-state index contributed by atoms with van der Waals surface area (Å²) in [7, 11) is 0. The van der Waals surface area contributed by atoms with Gasteiger partial charge in [0.25, 0.3) is 0 Å². The maximum absolute atomic E-state index is 11.3. The first-order valence-electron chi connectivity index (χ1n) is 5.44. The van der Waals surface area contributed by atoms with Crippen molar-refractivity contribution in [2.45, 2.75) is 0 Å². The van der Waals surface area contributed by atoms with E-state index in [0.717, 1.165) is 0 Å². The van der Waals surface area contributed by atoms with Gasteiger partial charge in [-0.2, -0.15) is 0 Å². The Kier molecular flexibility index (Phi) is 3.15. The van der Waals surface area contributed by atoms with E-state index in [1.165, 1.54) is 24.8 Å². The Bertz CT molecular complexity index is 833. The largest absolute Gasteiger partial charge is 0.478 e. The van der Waals surface area contributed by atoms with E-state index >= 15 is 0 Å². The molecule has 3 rings (SSSR count). The van der Waals surface area contributed by atoms with Crippen molar-refractivity contribution in [3.8, 4) is 5.69 Å². The Morgan fingerprint density at radius 3 is 2.95 bits per heavy atom. The molecule has 0 aliphatic carbocycles. The third-order valence-electron chi connectivity index (χ3n) is 2.78. The maximum atomic E-state index is 11.3. The fraction of sp³-hybridized carbons (Fsp3) is 0. The molecule has 0 saturated carbocycles. The highest BCUT2D eigenvalue weighted by molar-refractivity contribution is 9.10. The molecule has 0 radical (unpaired) electrons. The van der Waals surface area contributed by atoms with Crippen LogP contribution in [0.15, 0.2) is 35.5 Å². The number of aromatic nitrogens is 4. The zero-order valence-corrected chi connectivity index (χ0v) is 12.1. The van der Waals surface area contributed by atoms with Gasteiger partial charge in [0, 0.05) is 16.9 Å². The topological polar surface area (TPSA) is 80.9 Å². The molecule has 0 aliphatic rings. The van der Waals surface area contributed by atoms with E-state index in [0.29, 0.717) is 26.3 Å². The van der Waals surface area contributed by atoms with Gasteiger partial charge in [-0.05, 0) is 22.0 Å². The number of carbonyl (C=O) groups is 1. The van der Waals surface area contributed by atoms with Crippen molar-refractivity contribution in [1.82, 2.24) is 19.5 Å². The van der Waals surface area contributed by atoms with Crippen molar-refractivity contribution in [1.29, 1.82) is 0 Å². The molecule has 0 amide bonds. The van der Waals surface area contributed by atoms with Crippen molar-refractivity contribution in [3.63, 3.8) is 0 Å². The van der Waals surface area contributed by atoms with Crippen LogP contribution >= 0.6 is 27.5 Å². The molecule has 20 heavy (non-hydrogen) atoms. The van der Waals surface area contributed by atoms with E-state index in [2.05, 4.69) is 30.9 Å². The van der Waals surface area contributed by atoms with Crippen molar-refractivity contribution < 1.29 is 9.90 Å². The van der Waals surface area contributed by atoms with Gasteiger partial charge in [0.1, 0.15) is 11.5 Å². The molecule has 8 heteroatoms. The van der Waals surface area contributed by atoms with E-state index in [-0.39, 0.29) is 5.56 Å². The zero-order valence-electron chi connectivity index (χ0n) is 9.79. The molecule has 3 heterocycles. The number of nitrogens with zero attached hydrogens (tertiary/aromatic N) is 4. The van der Waals surface area contributed by atoms with Gasteiger partial charge in [0.2, 0.25) is 0 Å². The number of pyridine rings is 1. The van der Waals surface area contributed by atoms with Crippen molar-refractivity contribution >= 4 is 44.5 Å². The molecule has 3 aromatic rings.